The molecule has 0 amide bonds. The van der Waals surface area contributed by atoms with Crippen LogP contribution in [0, 0.1) is 20.8 Å². The largest absolute Gasteiger partial charge is 0.359 e. The minimum atomic E-state index is 0.759. The smallest absolute Gasteiger partial charge is 0.0447 e. The van der Waals surface area contributed by atoms with Crippen LogP contribution in [0.15, 0.2) is 53.3 Å². The molecule has 3 nitrogen and oxygen atoms in total. The number of anilines is 1. The quantitative estimate of drug-likeness (QED) is 0.758. The fraction of sp³-hybridized carbons (Fsp3) is 0.333. The molecular formula is C21H27N3. The van der Waals surface area contributed by atoms with E-state index in [2.05, 4.69) is 61.2 Å². The average molecular weight is 321 g/mol. The number of rotatable bonds is 6. The minimum Gasteiger partial charge on any atom is -0.359 e. The van der Waals surface area contributed by atoms with Crippen molar-refractivity contribution in [3.8, 4) is 0 Å². The van der Waals surface area contributed by atoms with Gasteiger partial charge in [-0.3, -0.25) is 9.98 Å². The van der Waals surface area contributed by atoms with Crippen LogP contribution in [0.5, 0.6) is 0 Å². The summed E-state index contributed by atoms with van der Waals surface area (Å²) >= 11 is 0. The van der Waals surface area contributed by atoms with Crippen LogP contribution >= 0.6 is 0 Å². The van der Waals surface area contributed by atoms with Crippen molar-refractivity contribution in [2.24, 2.45) is 4.99 Å². The van der Waals surface area contributed by atoms with E-state index in [4.69, 9.17) is 0 Å². The molecule has 0 aliphatic carbocycles. The number of nitrogens with zero attached hydrogens (tertiary/aromatic N) is 2. The van der Waals surface area contributed by atoms with E-state index >= 15 is 0 Å². The van der Waals surface area contributed by atoms with Gasteiger partial charge in [-0.15, -0.1) is 0 Å². The zero-order valence-electron chi connectivity index (χ0n) is 15.4. The summed E-state index contributed by atoms with van der Waals surface area (Å²) in [5.41, 5.74) is 8.23. The Bertz CT molecular complexity index is 720. The van der Waals surface area contributed by atoms with Crippen LogP contribution in [-0.2, 0) is 6.42 Å². The SMILES string of the molecule is CC(/C=C(/C)Nc1c(C)cc(C)cc1C)=NCCc1ccccn1. The number of aliphatic imine (C=N–C) groups is 1. The van der Waals surface area contributed by atoms with Crippen molar-refractivity contribution in [2.45, 2.75) is 41.0 Å². The second-order valence-electron chi connectivity index (χ2n) is 6.32. The molecule has 0 aliphatic heterocycles. The van der Waals surface area contributed by atoms with E-state index in [0.717, 1.165) is 30.1 Å². The third-order valence-corrected chi connectivity index (χ3v) is 3.88. The van der Waals surface area contributed by atoms with Crippen molar-refractivity contribution in [1.29, 1.82) is 0 Å². The molecule has 0 radical (unpaired) electrons. The molecule has 0 fully saturated rings. The molecule has 24 heavy (non-hydrogen) atoms. The van der Waals surface area contributed by atoms with Crippen molar-refractivity contribution < 1.29 is 0 Å². The first kappa shape index (κ1) is 17.9. The number of hydrogen-bond acceptors (Lipinski definition) is 3. The Balaban J connectivity index is 1.98. The van der Waals surface area contributed by atoms with Crippen LogP contribution in [0.4, 0.5) is 5.69 Å². The summed E-state index contributed by atoms with van der Waals surface area (Å²) in [7, 11) is 0. The summed E-state index contributed by atoms with van der Waals surface area (Å²) in [6, 6.07) is 10.4. The Morgan fingerprint density at radius 1 is 1.12 bits per heavy atom. The Hall–Kier alpha value is -2.42. The number of benzene rings is 1. The lowest BCUT2D eigenvalue weighted by Crippen LogP contribution is -2.03. The molecule has 0 atom stereocenters. The third kappa shape index (κ3) is 5.34. The topological polar surface area (TPSA) is 37.3 Å². The van der Waals surface area contributed by atoms with E-state index in [1.54, 1.807) is 0 Å². The lowest BCUT2D eigenvalue weighted by molar-refractivity contribution is 0.923. The highest BCUT2D eigenvalue weighted by molar-refractivity contribution is 5.93. The predicted octanol–water partition coefficient (Wildman–Crippen LogP) is 5.03. The number of allylic oxidation sites excluding steroid dienone is 2. The highest BCUT2D eigenvalue weighted by Gasteiger charge is 2.04. The maximum atomic E-state index is 4.62. The molecule has 1 heterocycles. The van der Waals surface area contributed by atoms with Gasteiger partial charge < -0.3 is 5.32 Å². The second-order valence-corrected chi connectivity index (χ2v) is 6.32. The van der Waals surface area contributed by atoms with Gasteiger partial charge in [-0.2, -0.15) is 0 Å². The zero-order chi connectivity index (χ0) is 17.5. The zero-order valence-corrected chi connectivity index (χ0v) is 15.4. The Labute approximate surface area is 145 Å². The molecule has 1 aromatic carbocycles. The highest BCUT2D eigenvalue weighted by atomic mass is 14.9. The third-order valence-electron chi connectivity index (χ3n) is 3.88. The van der Waals surface area contributed by atoms with E-state index in [1.807, 2.05) is 31.3 Å². The first-order chi connectivity index (χ1) is 11.5. The van der Waals surface area contributed by atoms with Crippen LogP contribution in [0.2, 0.25) is 0 Å². The molecule has 0 unspecified atom stereocenters. The van der Waals surface area contributed by atoms with Crippen molar-refractivity contribution in [3.63, 3.8) is 0 Å². The Kier molecular flexibility index (Phi) is 6.30. The summed E-state index contributed by atoms with van der Waals surface area (Å²) in [5.74, 6) is 0. The van der Waals surface area contributed by atoms with Crippen LogP contribution < -0.4 is 5.32 Å². The highest BCUT2D eigenvalue weighted by Crippen LogP contribution is 2.23. The van der Waals surface area contributed by atoms with Gasteiger partial charge in [-0.25, -0.2) is 0 Å². The molecule has 0 saturated carbocycles. The molecule has 0 saturated heterocycles. The monoisotopic (exact) mass is 321 g/mol. The van der Waals surface area contributed by atoms with Crippen LogP contribution in [0.1, 0.15) is 36.2 Å². The molecule has 0 aliphatic rings. The molecule has 126 valence electrons. The number of nitrogens with one attached hydrogen (secondary N) is 1. The van der Waals surface area contributed by atoms with Gasteiger partial charge in [0, 0.05) is 42.0 Å². The van der Waals surface area contributed by atoms with Gasteiger partial charge in [-0.1, -0.05) is 23.8 Å². The molecule has 2 rings (SSSR count). The number of aryl methyl sites for hydroxylation is 3. The van der Waals surface area contributed by atoms with E-state index in [9.17, 15) is 0 Å². The van der Waals surface area contributed by atoms with Gasteiger partial charge in [0.2, 0.25) is 0 Å². The van der Waals surface area contributed by atoms with Gasteiger partial charge in [-0.05, 0) is 64.0 Å². The van der Waals surface area contributed by atoms with Crippen molar-refractivity contribution >= 4 is 11.4 Å². The van der Waals surface area contributed by atoms with Gasteiger partial charge in [0.05, 0.1) is 0 Å². The van der Waals surface area contributed by atoms with Crippen molar-refractivity contribution in [3.05, 3.63) is 70.7 Å². The minimum absolute atomic E-state index is 0.759. The first-order valence-electron chi connectivity index (χ1n) is 8.40. The van der Waals surface area contributed by atoms with E-state index in [1.165, 1.54) is 22.4 Å². The fourth-order valence-corrected chi connectivity index (χ4v) is 2.86. The van der Waals surface area contributed by atoms with Crippen molar-refractivity contribution in [2.75, 3.05) is 11.9 Å². The fourth-order valence-electron chi connectivity index (χ4n) is 2.86. The molecular weight excluding hydrogens is 294 g/mol. The maximum absolute atomic E-state index is 4.62. The summed E-state index contributed by atoms with van der Waals surface area (Å²) < 4.78 is 0. The van der Waals surface area contributed by atoms with Crippen LogP contribution in [-0.4, -0.2) is 17.2 Å². The maximum Gasteiger partial charge on any atom is 0.0447 e. The Morgan fingerprint density at radius 3 is 2.46 bits per heavy atom. The second kappa shape index (κ2) is 8.44. The molecule has 0 spiro atoms. The van der Waals surface area contributed by atoms with Gasteiger partial charge in [0.25, 0.3) is 0 Å². The van der Waals surface area contributed by atoms with Gasteiger partial charge in [0.15, 0.2) is 0 Å². The van der Waals surface area contributed by atoms with Gasteiger partial charge >= 0.3 is 0 Å². The molecule has 1 aromatic heterocycles. The van der Waals surface area contributed by atoms with E-state index < -0.39 is 0 Å². The number of pyridine rings is 1. The normalized spacial score (nSPS) is 12.4. The summed E-state index contributed by atoms with van der Waals surface area (Å²) in [5, 5.41) is 3.51. The number of hydrogen-bond donors (Lipinski definition) is 1. The molecule has 1 N–H and O–H groups in total. The average Bonchev–Trinajstić information content (AvgIpc) is 2.52. The number of aromatic nitrogens is 1. The van der Waals surface area contributed by atoms with Crippen LogP contribution in [0.25, 0.3) is 0 Å². The lowest BCUT2D eigenvalue weighted by atomic mass is 10.0. The Morgan fingerprint density at radius 2 is 1.83 bits per heavy atom. The van der Waals surface area contributed by atoms with Crippen LogP contribution in [0.3, 0.4) is 0 Å². The lowest BCUT2D eigenvalue weighted by Gasteiger charge is -2.14. The summed E-state index contributed by atoms with van der Waals surface area (Å²) in [6.45, 7) is 11.3. The first-order valence-corrected chi connectivity index (χ1v) is 8.40. The van der Waals surface area contributed by atoms with Crippen molar-refractivity contribution in [1.82, 2.24) is 4.98 Å². The van der Waals surface area contributed by atoms with E-state index in [0.29, 0.717) is 0 Å². The summed E-state index contributed by atoms with van der Waals surface area (Å²) in [4.78, 5) is 8.94. The molecule has 2 aromatic rings. The predicted molar refractivity (Wildman–Crippen MR) is 104 cm³/mol. The molecule has 3 heteroatoms. The van der Waals surface area contributed by atoms with Gasteiger partial charge in [0.1, 0.15) is 0 Å². The summed E-state index contributed by atoms with van der Waals surface area (Å²) in [6.07, 6.45) is 4.79. The molecule has 0 bridgehead atoms. The standard InChI is InChI=1S/C21H27N3/c1-15-12-16(2)21(17(3)13-15)24-19(5)14-18(4)22-11-9-20-8-6-7-10-23-20/h6-8,10,12-14,24H,9,11H2,1-5H3/b19-14-,22-18?. The van der Waals surface area contributed by atoms with E-state index in [-0.39, 0.29) is 0 Å².